The first-order chi connectivity index (χ1) is 9.29. The van der Waals surface area contributed by atoms with Gasteiger partial charge in [0.2, 0.25) is 0 Å². The SMILES string of the molecule is C[C@@H](CO)CCCc1ccc(-c2ccccc2)cc1. The highest BCUT2D eigenvalue weighted by Gasteiger charge is 2.01. The van der Waals surface area contributed by atoms with E-state index in [1.54, 1.807) is 0 Å². The molecule has 19 heavy (non-hydrogen) atoms. The molecule has 0 saturated carbocycles. The molecule has 100 valence electrons. The average molecular weight is 254 g/mol. The van der Waals surface area contributed by atoms with Crippen LogP contribution in [0.1, 0.15) is 25.3 Å². The molecule has 2 aromatic rings. The zero-order valence-electron chi connectivity index (χ0n) is 11.5. The van der Waals surface area contributed by atoms with Gasteiger partial charge in [0.15, 0.2) is 0 Å². The molecular formula is C18H22O. The fourth-order valence-electron chi connectivity index (χ4n) is 2.24. The van der Waals surface area contributed by atoms with E-state index in [0.717, 1.165) is 19.3 Å². The fourth-order valence-corrected chi connectivity index (χ4v) is 2.24. The average Bonchev–Trinajstić information content (AvgIpc) is 2.48. The Labute approximate surface area is 115 Å². The van der Waals surface area contributed by atoms with Crippen LogP contribution in [0, 0.1) is 5.92 Å². The molecule has 0 radical (unpaired) electrons. The van der Waals surface area contributed by atoms with Gasteiger partial charge >= 0.3 is 0 Å². The third-order valence-corrected chi connectivity index (χ3v) is 3.54. The molecule has 0 unspecified atom stereocenters. The van der Waals surface area contributed by atoms with Crippen LogP contribution in [0.3, 0.4) is 0 Å². The van der Waals surface area contributed by atoms with Gasteiger partial charge in [-0.25, -0.2) is 0 Å². The van der Waals surface area contributed by atoms with E-state index in [1.165, 1.54) is 16.7 Å². The largest absolute Gasteiger partial charge is 0.396 e. The normalized spacial score (nSPS) is 12.3. The van der Waals surface area contributed by atoms with Gasteiger partial charge in [-0.3, -0.25) is 0 Å². The van der Waals surface area contributed by atoms with E-state index in [-0.39, 0.29) is 0 Å². The molecule has 2 aromatic carbocycles. The summed E-state index contributed by atoms with van der Waals surface area (Å²) in [6.45, 7) is 2.39. The first-order valence-corrected chi connectivity index (χ1v) is 7.05. The van der Waals surface area contributed by atoms with E-state index in [2.05, 4.69) is 55.5 Å². The predicted octanol–water partition coefficient (Wildman–Crippen LogP) is 4.30. The van der Waals surface area contributed by atoms with Gasteiger partial charge in [-0.05, 0) is 41.9 Å². The smallest absolute Gasteiger partial charge is 0.0456 e. The molecule has 1 heteroatoms. The monoisotopic (exact) mass is 254 g/mol. The lowest BCUT2D eigenvalue weighted by Gasteiger charge is -2.08. The lowest BCUT2D eigenvalue weighted by atomic mass is 9.99. The Hall–Kier alpha value is -1.60. The molecule has 0 amide bonds. The van der Waals surface area contributed by atoms with Crippen molar-refractivity contribution in [3.05, 3.63) is 60.2 Å². The van der Waals surface area contributed by atoms with Crippen molar-refractivity contribution in [2.24, 2.45) is 5.92 Å². The second kappa shape index (κ2) is 7.10. The Bertz CT molecular complexity index is 473. The molecule has 0 fully saturated rings. The van der Waals surface area contributed by atoms with Crippen molar-refractivity contribution in [1.82, 2.24) is 0 Å². The zero-order valence-corrected chi connectivity index (χ0v) is 11.5. The number of hydrogen-bond acceptors (Lipinski definition) is 1. The maximum atomic E-state index is 8.99. The number of aryl methyl sites for hydroxylation is 1. The number of hydrogen-bond donors (Lipinski definition) is 1. The van der Waals surface area contributed by atoms with Crippen LogP contribution in [-0.4, -0.2) is 11.7 Å². The molecule has 0 aromatic heterocycles. The van der Waals surface area contributed by atoms with Gasteiger partial charge in [0, 0.05) is 6.61 Å². The van der Waals surface area contributed by atoms with Gasteiger partial charge in [0.25, 0.3) is 0 Å². The van der Waals surface area contributed by atoms with Crippen molar-refractivity contribution in [3.8, 4) is 11.1 Å². The zero-order chi connectivity index (χ0) is 13.5. The quantitative estimate of drug-likeness (QED) is 0.814. The van der Waals surface area contributed by atoms with Crippen LogP contribution in [0.25, 0.3) is 11.1 Å². The van der Waals surface area contributed by atoms with Crippen molar-refractivity contribution in [2.75, 3.05) is 6.61 Å². The molecule has 0 aliphatic heterocycles. The van der Waals surface area contributed by atoms with E-state index < -0.39 is 0 Å². The van der Waals surface area contributed by atoms with Gasteiger partial charge in [0.05, 0.1) is 0 Å². The molecule has 0 aliphatic carbocycles. The number of rotatable bonds is 6. The lowest BCUT2D eigenvalue weighted by Crippen LogP contribution is -2.00. The van der Waals surface area contributed by atoms with Gasteiger partial charge in [-0.1, -0.05) is 61.5 Å². The Kier molecular flexibility index (Phi) is 5.17. The topological polar surface area (TPSA) is 20.2 Å². The Balaban J connectivity index is 1.92. The van der Waals surface area contributed by atoms with E-state index in [4.69, 9.17) is 5.11 Å². The summed E-state index contributed by atoms with van der Waals surface area (Å²) >= 11 is 0. The van der Waals surface area contributed by atoms with Gasteiger partial charge < -0.3 is 5.11 Å². The Morgan fingerprint density at radius 3 is 2.16 bits per heavy atom. The molecule has 0 saturated heterocycles. The van der Waals surface area contributed by atoms with Crippen LogP contribution >= 0.6 is 0 Å². The molecule has 0 bridgehead atoms. The lowest BCUT2D eigenvalue weighted by molar-refractivity contribution is 0.228. The van der Waals surface area contributed by atoms with E-state index in [0.29, 0.717) is 12.5 Å². The summed E-state index contributed by atoms with van der Waals surface area (Å²) in [7, 11) is 0. The molecule has 1 N–H and O–H groups in total. The van der Waals surface area contributed by atoms with Crippen molar-refractivity contribution >= 4 is 0 Å². The van der Waals surface area contributed by atoms with Gasteiger partial charge in [0.1, 0.15) is 0 Å². The highest BCUT2D eigenvalue weighted by atomic mass is 16.3. The van der Waals surface area contributed by atoms with Crippen molar-refractivity contribution < 1.29 is 5.11 Å². The number of aliphatic hydroxyl groups excluding tert-OH is 1. The Morgan fingerprint density at radius 1 is 0.895 bits per heavy atom. The third kappa shape index (κ3) is 4.22. The minimum atomic E-state index is 0.299. The summed E-state index contributed by atoms with van der Waals surface area (Å²) in [6, 6.07) is 19.3. The summed E-state index contributed by atoms with van der Waals surface area (Å²) in [5.41, 5.74) is 3.92. The van der Waals surface area contributed by atoms with Crippen molar-refractivity contribution in [3.63, 3.8) is 0 Å². The second-order valence-electron chi connectivity index (χ2n) is 5.24. The van der Waals surface area contributed by atoms with Crippen LogP contribution in [0.4, 0.5) is 0 Å². The minimum Gasteiger partial charge on any atom is -0.396 e. The summed E-state index contributed by atoms with van der Waals surface area (Å²) in [6.07, 6.45) is 3.34. The molecule has 0 aliphatic rings. The number of aliphatic hydroxyl groups is 1. The van der Waals surface area contributed by atoms with Crippen LogP contribution in [0.2, 0.25) is 0 Å². The van der Waals surface area contributed by atoms with Crippen LogP contribution in [-0.2, 0) is 6.42 Å². The van der Waals surface area contributed by atoms with E-state index in [1.807, 2.05) is 6.07 Å². The summed E-state index contributed by atoms with van der Waals surface area (Å²) in [5, 5.41) is 8.99. The highest BCUT2D eigenvalue weighted by Crippen LogP contribution is 2.20. The fraction of sp³-hybridized carbons (Fsp3) is 0.333. The van der Waals surface area contributed by atoms with Gasteiger partial charge in [-0.2, -0.15) is 0 Å². The van der Waals surface area contributed by atoms with Gasteiger partial charge in [-0.15, -0.1) is 0 Å². The first kappa shape index (κ1) is 13.8. The second-order valence-corrected chi connectivity index (χ2v) is 5.24. The molecule has 2 rings (SSSR count). The molecule has 0 heterocycles. The standard InChI is InChI=1S/C18H22O/c1-15(14-19)6-5-7-16-10-12-18(13-11-16)17-8-3-2-4-9-17/h2-4,8-13,15,19H,5-7,14H2,1H3/t15-/m1/s1. The van der Waals surface area contributed by atoms with E-state index >= 15 is 0 Å². The van der Waals surface area contributed by atoms with Crippen LogP contribution in [0.15, 0.2) is 54.6 Å². The predicted molar refractivity (Wildman–Crippen MR) is 81.1 cm³/mol. The third-order valence-electron chi connectivity index (χ3n) is 3.54. The first-order valence-electron chi connectivity index (χ1n) is 7.05. The summed E-state index contributed by atoms with van der Waals surface area (Å²) < 4.78 is 0. The molecule has 0 spiro atoms. The van der Waals surface area contributed by atoms with Crippen LogP contribution in [0.5, 0.6) is 0 Å². The van der Waals surface area contributed by atoms with Crippen molar-refractivity contribution in [2.45, 2.75) is 26.2 Å². The number of benzene rings is 2. The minimum absolute atomic E-state index is 0.299. The maximum Gasteiger partial charge on any atom is 0.0456 e. The maximum absolute atomic E-state index is 8.99. The highest BCUT2D eigenvalue weighted by molar-refractivity contribution is 5.63. The van der Waals surface area contributed by atoms with Crippen LogP contribution < -0.4 is 0 Å². The Morgan fingerprint density at radius 2 is 1.53 bits per heavy atom. The summed E-state index contributed by atoms with van der Waals surface area (Å²) in [4.78, 5) is 0. The summed E-state index contributed by atoms with van der Waals surface area (Å²) in [5.74, 6) is 0.420. The molecular weight excluding hydrogens is 232 g/mol. The van der Waals surface area contributed by atoms with E-state index in [9.17, 15) is 0 Å². The molecule has 1 nitrogen and oxygen atoms in total. The molecule has 1 atom stereocenters. The van der Waals surface area contributed by atoms with Crippen molar-refractivity contribution in [1.29, 1.82) is 0 Å².